The molecule has 138 valence electrons. The third-order valence-corrected chi connectivity index (χ3v) is 2.70. The number of aliphatic hydroxyl groups excluding tert-OH is 2. The van der Waals surface area contributed by atoms with Crippen molar-refractivity contribution in [2.45, 2.75) is 26.4 Å². The van der Waals surface area contributed by atoms with E-state index in [1.807, 2.05) is 0 Å². The highest BCUT2D eigenvalue weighted by Crippen LogP contribution is 2.25. The summed E-state index contributed by atoms with van der Waals surface area (Å²) < 4.78 is 8.88. The zero-order chi connectivity index (χ0) is 18.7. The fraction of sp³-hybridized carbons (Fsp3) is 0.818. The average Bonchev–Trinajstić information content (AvgIpc) is 2.42. The number of phosphoric acid groups is 1. The van der Waals surface area contributed by atoms with Gasteiger partial charge in [0.05, 0.1) is 6.61 Å². The normalized spacial score (nSPS) is 12.7. The van der Waals surface area contributed by atoms with Gasteiger partial charge in [-0.2, -0.15) is 12.6 Å². The van der Waals surface area contributed by atoms with Gasteiger partial charge in [0, 0.05) is 30.7 Å². The third kappa shape index (κ3) is 16.0. The van der Waals surface area contributed by atoms with Crippen LogP contribution in [0.5, 0.6) is 0 Å². The van der Waals surface area contributed by atoms with Gasteiger partial charge < -0.3 is 35.5 Å². The summed E-state index contributed by atoms with van der Waals surface area (Å²) >= 11 is 3.95. The van der Waals surface area contributed by atoms with Crippen molar-refractivity contribution in [3.05, 3.63) is 0 Å². The van der Waals surface area contributed by atoms with Crippen molar-refractivity contribution in [3.63, 3.8) is 0 Å². The quantitative estimate of drug-likeness (QED) is 0.177. The maximum Gasteiger partial charge on any atom is 0.466 e. The molecule has 10 nitrogen and oxygen atoms in total. The van der Waals surface area contributed by atoms with Crippen molar-refractivity contribution >= 4 is 32.3 Å². The van der Waals surface area contributed by atoms with Gasteiger partial charge in [0.15, 0.2) is 0 Å². The Morgan fingerprint density at radius 2 is 1.65 bits per heavy atom. The van der Waals surface area contributed by atoms with Crippen LogP contribution >= 0.6 is 20.5 Å². The van der Waals surface area contributed by atoms with Gasteiger partial charge in [-0.1, -0.05) is 13.8 Å². The summed E-state index contributed by atoms with van der Waals surface area (Å²) in [6.07, 6.45) is -1.16. The zero-order valence-electron chi connectivity index (χ0n) is 13.0. The van der Waals surface area contributed by atoms with Gasteiger partial charge in [0.25, 0.3) is 0 Å². The lowest BCUT2D eigenvalue weighted by molar-refractivity contribution is -0.137. The second-order valence-electron chi connectivity index (χ2n) is 5.18. The molecule has 2 amide bonds. The summed E-state index contributed by atoms with van der Waals surface area (Å²) in [7, 11) is -4.64. The Kier molecular flexibility index (Phi) is 12.6. The van der Waals surface area contributed by atoms with Gasteiger partial charge in [-0.3, -0.25) is 9.59 Å². The van der Waals surface area contributed by atoms with Gasteiger partial charge in [-0.15, -0.1) is 0 Å². The molecule has 0 rings (SSSR count). The van der Waals surface area contributed by atoms with E-state index >= 15 is 0 Å². The summed E-state index contributed by atoms with van der Waals surface area (Å²) in [4.78, 5) is 44.3. The first-order valence-corrected chi connectivity index (χ1v) is 8.77. The fourth-order valence-corrected chi connectivity index (χ4v) is 1.23. The molecule has 0 aromatic heterocycles. The van der Waals surface area contributed by atoms with Crippen molar-refractivity contribution in [1.29, 1.82) is 0 Å². The lowest BCUT2D eigenvalue weighted by Gasteiger charge is -2.27. The minimum atomic E-state index is -4.64. The molecule has 0 spiro atoms. The smallest absolute Gasteiger partial charge is 0.396 e. The molecule has 23 heavy (non-hydrogen) atoms. The molecule has 0 saturated carbocycles. The molecule has 0 aliphatic carbocycles. The monoisotopic (exact) mass is 376 g/mol. The Morgan fingerprint density at radius 3 is 2.04 bits per heavy atom. The molecule has 0 bridgehead atoms. The first-order valence-electron chi connectivity index (χ1n) is 6.57. The Morgan fingerprint density at radius 1 is 1.17 bits per heavy atom. The molecule has 0 aliphatic heterocycles. The number of hydrogen-bond acceptors (Lipinski definition) is 6. The van der Waals surface area contributed by atoms with Crippen molar-refractivity contribution in [1.82, 2.24) is 10.6 Å². The molecule has 12 heteroatoms. The molecule has 0 radical (unpaired) electrons. The lowest BCUT2D eigenvalue weighted by atomic mass is 9.87. The average molecular weight is 376 g/mol. The van der Waals surface area contributed by atoms with E-state index in [1.165, 1.54) is 0 Å². The van der Waals surface area contributed by atoms with Crippen LogP contribution in [0.2, 0.25) is 0 Å². The standard InChI is InChI=1S/C11H22N2O4S.H3O4P/c1-11(2,7-14)9(16)10(17)13-4-3-8(15)12-5-6-18;1-5(2,3)4/h9,14,16,18H,3-7H2,1-2H3,(H,12,15)(H,13,17);(H3,1,2,3,4). The van der Waals surface area contributed by atoms with Crippen molar-refractivity contribution < 1.29 is 39.0 Å². The molecular formula is C11H25N2O8PS. The summed E-state index contributed by atoms with van der Waals surface area (Å²) in [5.41, 5.74) is -0.904. The van der Waals surface area contributed by atoms with E-state index in [4.69, 9.17) is 24.4 Å². The van der Waals surface area contributed by atoms with Crippen LogP contribution in [0, 0.1) is 5.41 Å². The van der Waals surface area contributed by atoms with E-state index in [2.05, 4.69) is 23.3 Å². The van der Waals surface area contributed by atoms with Crippen LogP contribution in [0.15, 0.2) is 0 Å². The Balaban J connectivity index is 0. The Bertz CT molecular complexity index is 407. The number of nitrogens with one attached hydrogen (secondary N) is 2. The molecule has 0 fully saturated rings. The highest BCUT2D eigenvalue weighted by atomic mass is 32.1. The van der Waals surface area contributed by atoms with E-state index < -0.39 is 25.2 Å². The molecule has 1 unspecified atom stereocenters. The maximum absolute atomic E-state index is 11.5. The number of hydrogen-bond donors (Lipinski definition) is 8. The van der Waals surface area contributed by atoms with Crippen LogP contribution in [0.1, 0.15) is 20.3 Å². The zero-order valence-corrected chi connectivity index (χ0v) is 14.8. The van der Waals surface area contributed by atoms with E-state index in [0.29, 0.717) is 12.3 Å². The van der Waals surface area contributed by atoms with Crippen molar-refractivity contribution in [2.24, 2.45) is 5.41 Å². The summed E-state index contributed by atoms with van der Waals surface area (Å²) in [6, 6.07) is 0. The lowest BCUT2D eigenvalue weighted by Crippen LogP contribution is -2.46. The predicted molar refractivity (Wildman–Crippen MR) is 85.6 cm³/mol. The SMILES string of the molecule is CC(C)(CO)C(O)C(=O)NCCC(=O)NCCS.O=P(O)(O)O. The summed E-state index contributed by atoms with van der Waals surface area (Å²) in [6.45, 7) is 3.49. The number of carbonyl (C=O) groups is 2. The maximum atomic E-state index is 11.5. The van der Waals surface area contributed by atoms with E-state index in [9.17, 15) is 14.7 Å². The molecule has 0 aromatic rings. The number of aliphatic hydroxyl groups is 2. The van der Waals surface area contributed by atoms with Crippen LogP contribution in [-0.4, -0.2) is 68.3 Å². The number of thiol groups is 1. The second kappa shape index (κ2) is 11.8. The van der Waals surface area contributed by atoms with Crippen molar-refractivity contribution in [2.75, 3.05) is 25.4 Å². The minimum Gasteiger partial charge on any atom is -0.396 e. The second-order valence-corrected chi connectivity index (χ2v) is 6.65. The largest absolute Gasteiger partial charge is 0.466 e. The third-order valence-electron chi connectivity index (χ3n) is 2.48. The summed E-state index contributed by atoms with van der Waals surface area (Å²) in [5.74, 6) is -0.210. The highest BCUT2D eigenvalue weighted by molar-refractivity contribution is 7.80. The van der Waals surface area contributed by atoms with E-state index in [-0.39, 0.29) is 25.5 Å². The Labute approximate surface area is 139 Å². The molecule has 0 heterocycles. The van der Waals surface area contributed by atoms with Crippen LogP contribution in [-0.2, 0) is 14.2 Å². The van der Waals surface area contributed by atoms with E-state index in [0.717, 1.165) is 0 Å². The Hall–Kier alpha value is -0.680. The topological polar surface area (TPSA) is 176 Å². The minimum absolute atomic E-state index is 0.145. The van der Waals surface area contributed by atoms with Crippen LogP contribution < -0.4 is 10.6 Å². The van der Waals surface area contributed by atoms with Crippen LogP contribution in [0.25, 0.3) is 0 Å². The van der Waals surface area contributed by atoms with Gasteiger partial charge >= 0.3 is 7.82 Å². The van der Waals surface area contributed by atoms with Gasteiger partial charge in [-0.05, 0) is 0 Å². The van der Waals surface area contributed by atoms with Crippen LogP contribution in [0.3, 0.4) is 0 Å². The number of rotatable bonds is 8. The highest BCUT2D eigenvalue weighted by Gasteiger charge is 2.32. The number of carbonyl (C=O) groups excluding carboxylic acids is 2. The van der Waals surface area contributed by atoms with Crippen LogP contribution in [0.4, 0.5) is 0 Å². The first kappa shape index (κ1) is 24.6. The molecule has 0 saturated heterocycles. The molecule has 1 atom stereocenters. The molecule has 0 aliphatic rings. The molecular weight excluding hydrogens is 351 g/mol. The fourth-order valence-electron chi connectivity index (χ4n) is 1.12. The van der Waals surface area contributed by atoms with Gasteiger partial charge in [-0.25, -0.2) is 4.57 Å². The van der Waals surface area contributed by atoms with Gasteiger partial charge in [0.1, 0.15) is 6.10 Å². The van der Waals surface area contributed by atoms with Gasteiger partial charge in [0.2, 0.25) is 11.8 Å². The van der Waals surface area contributed by atoms with E-state index in [1.54, 1.807) is 13.8 Å². The first-order chi connectivity index (χ1) is 10.3. The molecule has 7 N–H and O–H groups in total. The number of amides is 2. The van der Waals surface area contributed by atoms with Crippen molar-refractivity contribution in [3.8, 4) is 0 Å². The summed E-state index contributed by atoms with van der Waals surface area (Å²) in [5, 5.41) is 23.7. The molecule has 0 aromatic carbocycles. The predicted octanol–water partition coefficient (Wildman–Crippen LogP) is -2.01.